The first-order valence-corrected chi connectivity index (χ1v) is 33.3. The van der Waals surface area contributed by atoms with Crippen molar-refractivity contribution in [3.63, 3.8) is 0 Å². The zero-order valence-electron chi connectivity index (χ0n) is 60.2. The molecule has 0 radical (unpaired) electrons. The molecule has 0 spiro atoms. The monoisotopic (exact) mass is 1440 g/mol. The third kappa shape index (κ3) is 32.7. The second-order valence-corrected chi connectivity index (χ2v) is 27.2. The smallest absolute Gasteiger partial charge is 0.408 e. The summed E-state index contributed by atoms with van der Waals surface area (Å²) in [6.07, 6.45) is -9.46. The molecule has 1 aliphatic heterocycles. The third-order valence-electron chi connectivity index (χ3n) is 15.1. The predicted molar refractivity (Wildman–Crippen MR) is 365 cm³/mol. The molecule has 1 heterocycles. The Morgan fingerprint density at radius 1 is 0.644 bits per heavy atom. The Morgan fingerprint density at radius 2 is 1.15 bits per heavy atom. The number of guanidine groups is 1. The molecule has 0 bridgehead atoms. The summed E-state index contributed by atoms with van der Waals surface area (Å²) in [5, 5.41) is 78.3. The lowest BCUT2D eigenvalue weighted by Gasteiger charge is -2.34. The highest BCUT2D eigenvalue weighted by Crippen LogP contribution is 2.25. The van der Waals surface area contributed by atoms with Crippen LogP contribution < -0.4 is 75.7 Å². The van der Waals surface area contributed by atoms with Crippen LogP contribution in [-0.4, -0.2) is 219 Å². The van der Waals surface area contributed by atoms with Gasteiger partial charge >= 0.3 is 12.1 Å². The van der Waals surface area contributed by atoms with Gasteiger partial charge in [-0.1, -0.05) is 106 Å². The van der Waals surface area contributed by atoms with Gasteiger partial charge in [0.2, 0.25) is 65.0 Å². The van der Waals surface area contributed by atoms with Crippen molar-refractivity contribution >= 4 is 89.0 Å². The van der Waals surface area contributed by atoms with E-state index >= 15 is 14.4 Å². The molecule has 1 saturated heterocycles. The summed E-state index contributed by atoms with van der Waals surface area (Å²) in [4.78, 5) is 198. The SMILES string of the molecule is CC(=O)O.CC[C@H](C)[C@@H]1NC(=O)[C@@H](CCCN=C(N)N)NC(=O)[C@H](CC(C)C)NC(=O)[C@H]([C@H](O)C(C)C)NC(=O)[C@@H](NC(=O)[C@H](CC(C)C)NC(=O)[C@@H](CC(C)C)NC(=O)OC(C)(C)C)[C@@H](c2ccccc2)OC(=O)[C@H](CO)NC(=O)[C@H]([C@H](O)C(N)=O)NC(=O)CNC(=O)[C@H]([C@H](C)O)NC1=O. The fourth-order valence-corrected chi connectivity index (χ4v) is 9.78. The maximum absolute atomic E-state index is 15.5. The number of hydrogen-bond donors (Lipinski definition) is 19. The van der Waals surface area contributed by atoms with E-state index in [-0.39, 0.29) is 62.5 Å². The van der Waals surface area contributed by atoms with E-state index in [1.807, 2.05) is 10.6 Å². The highest BCUT2D eigenvalue weighted by Gasteiger charge is 2.44. The van der Waals surface area contributed by atoms with E-state index in [2.05, 4.69) is 52.8 Å². The number of primary amides is 1. The van der Waals surface area contributed by atoms with Gasteiger partial charge in [-0.3, -0.25) is 62.5 Å². The molecule has 1 aromatic rings. The number of carboxylic acids is 1. The summed E-state index contributed by atoms with van der Waals surface area (Å²) < 4.78 is 11.4. The summed E-state index contributed by atoms with van der Waals surface area (Å²) in [6.45, 7) is 21.0. The van der Waals surface area contributed by atoms with E-state index in [1.54, 1.807) is 76.2 Å². The number of nitrogens with one attached hydrogen (secondary N) is 11. The van der Waals surface area contributed by atoms with Gasteiger partial charge < -0.3 is 111 Å². The lowest BCUT2D eigenvalue weighted by Crippen LogP contribution is -2.64. The second-order valence-electron chi connectivity index (χ2n) is 27.2. The molecule has 2 rings (SSSR count). The fraction of sp³-hybridized carbons (Fsp3) is 0.677. The summed E-state index contributed by atoms with van der Waals surface area (Å²) in [6, 6.07) is -11.4. The van der Waals surface area contributed by atoms with Gasteiger partial charge in [0, 0.05) is 13.5 Å². The molecule has 36 heteroatoms. The number of amides is 12. The number of cyclic esters (lactones) is 1. The van der Waals surface area contributed by atoms with Crippen molar-refractivity contribution in [3.8, 4) is 0 Å². The summed E-state index contributed by atoms with van der Waals surface area (Å²) in [7, 11) is 0. The number of carboxylic acid groups (broad SMARTS) is 1. The third-order valence-corrected chi connectivity index (χ3v) is 15.1. The number of alkyl carbamates (subject to hydrolysis) is 1. The van der Waals surface area contributed by atoms with Crippen LogP contribution in [0.2, 0.25) is 0 Å². The molecule has 101 heavy (non-hydrogen) atoms. The Labute approximate surface area is 587 Å². The minimum absolute atomic E-state index is 0.0311. The van der Waals surface area contributed by atoms with Gasteiger partial charge in [-0.05, 0) is 95.0 Å². The number of esters is 1. The molecule has 22 N–H and O–H groups in total. The van der Waals surface area contributed by atoms with Crippen LogP contribution in [-0.2, 0) is 71.8 Å². The average molecular weight is 1440 g/mol. The number of hydrogen-bond acceptors (Lipinski definition) is 21. The first-order chi connectivity index (χ1) is 46.8. The molecule has 0 aromatic heterocycles. The van der Waals surface area contributed by atoms with Crippen LogP contribution in [0.5, 0.6) is 0 Å². The molecule has 570 valence electrons. The number of nitrogens with zero attached hydrogens (tertiary/aromatic N) is 1. The van der Waals surface area contributed by atoms with Gasteiger partial charge in [0.1, 0.15) is 60.0 Å². The van der Waals surface area contributed by atoms with Crippen LogP contribution in [0.4, 0.5) is 4.79 Å². The van der Waals surface area contributed by atoms with Crippen LogP contribution in [0.1, 0.15) is 154 Å². The summed E-state index contributed by atoms with van der Waals surface area (Å²) in [5.74, 6) is -18.8. The Hall–Kier alpha value is -9.29. The van der Waals surface area contributed by atoms with E-state index in [4.69, 9.17) is 36.6 Å². The van der Waals surface area contributed by atoms with Crippen molar-refractivity contribution in [2.75, 3.05) is 19.7 Å². The highest BCUT2D eigenvalue weighted by molar-refractivity contribution is 6.00. The zero-order valence-corrected chi connectivity index (χ0v) is 60.2. The highest BCUT2D eigenvalue weighted by atomic mass is 16.6. The molecule has 1 aliphatic rings. The second kappa shape index (κ2) is 43.4. The zero-order chi connectivity index (χ0) is 77.5. The van der Waals surface area contributed by atoms with Crippen molar-refractivity contribution in [1.29, 1.82) is 0 Å². The van der Waals surface area contributed by atoms with E-state index in [0.717, 1.165) is 13.8 Å². The number of aliphatic imine (C=N–C) groups is 1. The number of aliphatic carboxylic acids is 1. The molecule has 1 fully saturated rings. The molecule has 1 aromatic carbocycles. The molecule has 0 saturated carbocycles. The quantitative estimate of drug-likeness (QED) is 0.0204. The predicted octanol–water partition coefficient (Wildman–Crippen LogP) is -3.78. The van der Waals surface area contributed by atoms with E-state index < -0.39 is 210 Å². The van der Waals surface area contributed by atoms with Crippen LogP contribution in [0.25, 0.3) is 0 Å². The normalized spacial score (nSPS) is 23.2. The topological polar surface area (TPSA) is 581 Å². The van der Waals surface area contributed by atoms with Crippen molar-refractivity contribution in [3.05, 3.63) is 35.9 Å². The number of carbonyl (C=O) groups is 14. The van der Waals surface area contributed by atoms with E-state index in [0.29, 0.717) is 0 Å². The minimum atomic E-state index is -2.60. The summed E-state index contributed by atoms with van der Waals surface area (Å²) >= 11 is 0. The number of rotatable bonds is 24. The number of aliphatic hydroxyl groups is 4. The van der Waals surface area contributed by atoms with E-state index in [9.17, 15) is 68.4 Å². The Morgan fingerprint density at radius 3 is 1.64 bits per heavy atom. The van der Waals surface area contributed by atoms with Crippen LogP contribution in [0.3, 0.4) is 0 Å². The number of carbonyl (C=O) groups excluding carboxylic acids is 13. The van der Waals surface area contributed by atoms with Crippen LogP contribution >= 0.6 is 0 Å². The van der Waals surface area contributed by atoms with Crippen molar-refractivity contribution in [2.45, 2.75) is 233 Å². The lowest BCUT2D eigenvalue weighted by molar-refractivity contribution is -0.159. The molecule has 12 amide bonds. The number of benzene rings is 1. The Kier molecular flexibility index (Phi) is 38.5. The number of ether oxygens (including phenoxy) is 2. The summed E-state index contributed by atoms with van der Waals surface area (Å²) in [5.41, 5.74) is 15.4. The van der Waals surface area contributed by atoms with Crippen molar-refractivity contribution < 1.29 is 102 Å². The number of aliphatic hydroxyl groups excluding tert-OH is 4. The van der Waals surface area contributed by atoms with Gasteiger partial charge in [-0.2, -0.15) is 0 Å². The van der Waals surface area contributed by atoms with Gasteiger partial charge in [-0.15, -0.1) is 0 Å². The molecule has 15 atom stereocenters. The van der Waals surface area contributed by atoms with Gasteiger partial charge in [0.25, 0.3) is 5.97 Å². The molecule has 36 nitrogen and oxygen atoms in total. The van der Waals surface area contributed by atoms with Crippen molar-refractivity contribution in [2.24, 2.45) is 51.8 Å². The molecule has 0 unspecified atom stereocenters. The largest absolute Gasteiger partial charge is 0.481 e. The Balaban J connectivity index is 0.0000124. The maximum Gasteiger partial charge on any atom is 0.408 e. The maximum atomic E-state index is 15.5. The van der Waals surface area contributed by atoms with Crippen molar-refractivity contribution in [1.82, 2.24) is 58.5 Å². The number of nitrogens with two attached hydrogens (primary N) is 3. The lowest BCUT2D eigenvalue weighted by atomic mass is 9.95. The van der Waals surface area contributed by atoms with Gasteiger partial charge in [0.15, 0.2) is 24.2 Å². The minimum Gasteiger partial charge on any atom is -0.481 e. The molecular formula is C65H109N15O21. The molecular weight excluding hydrogens is 1330 g/mol. The van der Waals surface area contributed by atoms with E-state index in [1.165, 1.54) is 44.2 Å². The van der Waals surface area contributed by atoms with Gasteiger partial charge in [-0.25, -0.2) is 9.59 Å². The first kappa shape index (κ1) is 89.7. The Bertz CT molecular complexity index is 2990. The van der Waals surface area contributed by atoms with Crippen LogP contribution in [0.15, 0.2) is 35.3 Å². The average Bonchev–Trinajstić information content (AvgIpc) is 0.815. The standard InChI is InChI=1S/C63H105N15O19.C2H4O2/c1-15-33(10)42-56(90)76-43(34(11)80)55(89)68-27-41(81)74-45(48(83)50(64)84)58(92)72-40(28-79)60(94)96-49(35-20-17-16-18-21-35)46(78-54(88)38(25-30(4)5)70-53(87)39(26-31(6)7)73-62(95)97-63(12,13)14)59(93)77-44(47(82)32(8)9)57(91)71-37(24-29(2)3)52(86)69-36(51(85)75-42)22-19-23-67-61(65)66;1-2(3)4/h16-18,20-21,29-34,36-40,42-49,79-80,82-83H,15,19,22-28H2,1-14H3,(H2,64,84)(H,68,89)(H,69,86)(H,70,87)(H,71,91)(H,72,92)(H,73,95)(H,74,81)(H,75,85)(H,76,90)(H,77,93)(H,78,88)(H4,65,66,67);1H3,(H,3,4)/t33-,34-,36+,37-,38-,39+,40-,42-,43-,44-,45-,46-,47+,48-,49+;/m0./s1. The first-order valence-electron chi connectivity index (χ1n) is 33.3. The fourth-order valence-electron chi connectivity index (χ4n) is 9.78. The van der Waals surface area contributed by atoms with Gasteiger partial charge in [0.05, 0.1) is 25.4 Å². The molecule has 0 aliphatic carbocycles. The van der Waals surface area contributed by atoms with Crippen LogP contribution in [0, 0.1) is 29.6 Å².